The van der Waals surface area contributed by atoms with Gasteiger partial charge in [0.2, 0.25) is 5.91 Å². The molecule has 0 radical (unpaired) electrons. The Balaban J connectivity index is 1.21. The number of anilines is 2. The van der Waals surface area contributed by atoms with E-state index in [1.165, 1.54) is 36.0 Å². The van der Waals surface area contributed by atoms with Gasteiger partial charge >= 0.3 is 0 Å². The molecule has 4 rings (SSSR count). The minimum absolute atomic E-state index is 0.0357. The van der Waals surface area contributed by atoms with Gasteiger partial charge in [0.15, 0.2) is 0 Å². The van der Waals surface area contributed by atoms with E-state index in [1.54, 1.807) is 6.20 Å². The molecule has 6 nitrogen and oxygen atoms in total. The topological polar surface area (TPSA) is 65.5 Å². The molecule has 1 aromatic heterocycles. The van der Waals surface area contributed by atoms with E-state index in [2.05, 4.69) is 15.2 Å². The quantitative estimate of drug-likeness (QED) is 0.571. The van der Waals surface area contributed by atoms with Crippen LogP contribution in [0.25, 0.3) is 0 Å². The number of hydrogen-bond acceptors (Lipinski definition) is 5. The second-order valence-corrected chi connectivity index (χ2v) is 8.70. The molecule has 0 saturated carbocycles. The summed E-state index contributed by atoms with van der Waals surface area (Å²) >= 11 is 1.48. The van der Waals surface area contributed by atoms with Crippen molar-refractivity contribution >= 4 is 35.1 Å². The summed E-state index contributed by atoms with van der Waals surface area (Å²) in [6, 6.07) is 19.1. The maximum atomic E-state index is 12.9. The van der Waals surface area contributed by atoms with Gasteiger partial charge in [-0.2, -0.15) is 0 Å². The Kier molecular flexibility index (Phi) is 7.57. The number of hydrogen-bond donors (Lipinski definition) is 1. The van der Waals surface area contributed by atoms with Gasteiger partial charge in [0.25, 0.3) is 5.91 Å². The Morgan fingerprint density at radius 2 is 1.67 bits per heavy atom. The van der Waals surface area contributed by atoms with Crippen molar-refractivity contribution in [2.75, 3.05) is 42.1 Å². The highest BCUT2D eigenvalue weighted by Gasteiger charge is 2.22. The van der Waals surface area contributed by atoms with Gasteiger partial charge in [-0.05, 0) is 54.1 Å². The van der Waals surface area contributed by atoms with Crippen molar-refractivity contribution in [3.8, 4) is 0 Å². The van der Waals surface area contributed by atoms with Crippen LogP contribution >= 0.6 is 11.8 Å². The van der Waals surface area contributed by atoms with E-state index in [4.69, 9.17) is 0 Å². The van der Waals surface area contributed by atoms with Crippen molar-refractivity contribution in [2.24, 2.45) is 0 Å². The van der Waals surface area contributed by atoms with Crippen LogP contribution < -0.4 is 10.2 Å². The highest BCUT2D eigenvalue weighted by molar-refractivity contribution is 7.99. The number of carbonyl (C=O) groups excluding carboxylic acids is 2. The molecule has 1 aliphatic heterocycles. The summed E-state index contributed by atoms with van der Waals surface area (Å²) in [6.07, 6.45) is 1.78. The zero-order chi connectivity index (χ0) is 23.0. The molecule has 2 heterocycles. The second-order valence-electron chi connectivity index (χ2n) is 7.71. The number of pyridine rings is 1. The summed E-state index contributed by atoms with van der Waals surface area (Å²) in [5, 5.41) is 2.75. The Morgan fingerprint density at radius 3 is 2.33 bits per heavy atom. The van der Waals surface area contributed by atoms with E-state index >= 15 is 0 Å². The standard InChI is InChI=1S/C25H25FN4O2S/c26-21-8-10-22(11-9-21)28-24(31)18-33-17-19-4-6-20(7-5-19)25(32)30-15-13-29(14-16-30)23-3-1-2-12-27-23/h1-12H,13-18H2,(H,28,31). The molecule has 2 aromatic carbocycles. The smallest absolute Gasteiger partial charge is 0.253 e. The molecule has 0 aliphatic carbocycles. The van der Waals surface area contributed by atoms with Crippen molar-refractivity contribution in [3.63, 3.8) is 0 Å². The summed E-state index contributed by atoms with van der Waals surface area (Å²) < 4.78 is 12.9. The summed E-state index contributed by atoms with van der Waals surface area (Å²) in [4.78, 5) is 33.3. The molecule has 2 amide bonds. The zero-order valence-electron chi connectivity index (χ0n) is 18.1. The Hall–Kier alpha value is -3.39. The molecule has 33 heavy (non-hydrogen) atoms. The van der Waals surface area contributed by atoms with Gasteiger partial charge in [-0.15, -0.1) is 11.8 Å². The molecule has 0 bridgehead atoms. The van der Waals surface area contributed by atoms with E-state index in [1.807, 2.05) is 47.4 Å². The molecule has 1 fully saturated rings. The fraction of sp³-hybridized carbons (Fsp3) is 0.240. The van der Waals surface area contributed by atoms with Crippen LogP contribution in [0.2, 0.25) is 0 Å². The van der Waals surface area contributed by atoms with E-state index in [-0.39, 0.29) is 17.6 Å². The lowest BCUT2D eigenvalue weighted by molar-refractivity contribution is -0.113. The number of halogens is 1. The summed E-state index contributed by atoms with van der Waals surface area (Å²) in [6.45, 7) is 2.85. The van der Waals surface area contributed by atoms with Crippen LogP contribution in [0.5, 0.6) is 0 Å². The largest absolute Gasteiger partial charge is 0.353 e. The highest BCUT2D eigenvalue weighted by Crippen LogP contribution is 2.17. The van der Waals surface area contributed by atoms with Crippen LogP contribution in [0.15, 0.2) is 72.9 Å². The first kappa shape index (κ1) is 22.8. The molecular formula is C25H25FN4O2S. The summed E-state index contributed by atoms with van der Waals surface area (Å²) in [7, 11) is 0. The third-order valence-corrected chi connectivity index (χ3v) is 6.37. The minimum Gasteiger partial charge on any atom is -0.353 e. The zero-order valence-corrected chi connectivity index (χ0v) is 18.9. The molecule has 0 atom stereocenters. The Labute approximate surface area is 196 Å². The van der Waals surface area contributed by atoms with Gasteiger partial charge in [0.05, 0.1) is 5.75 Å². The first-order chi connectivity index (χ1) is 16.1. The number of carbonyl (C=O) groups is 2. The summed E-state index contributed by atoms with van der Waals surface area (Å²) in [5.41, 5.74) is 2.29. The number of nitrogens with one attached hydrogen (secondary N) is 1. The van der Waals surface area contributed by atoms with Crippen molar-refractivity contribution in [1.29, 1.82) is 0 Å². The average Bonchev–Trinajstić information content (AvgIpc) is 2.86. The maximum absolute atomic E-state index is 12.9. The average molecular weight is 465 g/mol. The number of aromatic nitrogens is 1. The predicted molar refractivity (Wildman–Crippen MR) is 130 cm³/mol. The Morgan fingerprint density at radius 1 is 0.939 bits per heavy atom. The SMILES string of the molecule is O=C(CSCc1ccc(C(=O)N2CCN(c3ccccn3)CC2)cc1)Nc1ccc(F)cc1. The normalized spacial score (nSPS) is 13.6. The fourth-order valence-electron chi connectivity index (χ4n) is 3.60. The van der Waals surface area contributed by atoms with Gasteiger partial charge in [-0.1, -0.05) is 18.2 Å². The first-order valence-corrected chi connectivity index (χ1v) is 11.9. The molecule has 3 aromatic rings. The third-order valence-electron chi connectivity index (χ3n) is 5.37. The minimum atomic E-state index is -0.337. The second kappa shape index (κ2) is 11.0. The van der Waals surface area contributed by atoms with Crippen LogP contribution in [-0.2, 0) is 10.5 Å². The lowest BCUT2D eigenvalue weighted by Crippen LogP contribution is -2.49. The Bertz CT molecular complexity index is 1070. The van der Waals surface area contributed by atoms with E-state index in [0.717, 1.165) is 24.5 Å². The monoisotopic (exact) mass is 464 g/mol. The lowest BCUT2D eigenvalue weighted by Gasteiger charge is -2.35. The fourth-order valence-corrected chi connectivity index (χ4v) is 4.39. The van der Waals surface area contributed by atoms with Crippen LogP contribution in [0.1, 0.15) is 15.9 Å². The van der Waals surface area contributed by atoms with Crippen molar-refractivity contribution in [1.82, 2.24) is 9.88 Å². The highest BCUT2D eigenvalue weighted by atomic mass is 32.2. The van der Waals surface area contributed by atoms with Crippen LogP contribution in [0.3, 0.4) is 0 Å². The number of nitrogens with zero attached hydrogens (tertiary/aromatic N) is 3. The van der Waals surface area contributed by atoms with Crippen molar-refractivity contribution in [3.05, 3.63) is 89.9 Å². The van der Waals surface area contributed by atoms with E-state index in [9.17, 15) is 14.0 Å². The number of amides is 2. The van der Waals surface area contributed by atoms with Gasteiger partial charge in [0.1, 0.15) is 11.6 Å². The number of rotatable bonds is 7. The van der Waals surface area contributed by atoms with E-state index < -0.39 is 0 Å². The molecule has 0 spiro atoms. The van der Waals surface area contributed by atoms with Crippen LogP contribution in [-0.4, -0.2) is 53.6 Å². The third kappa shape index (κ3) is 6.32. The molecule has 1 N–H and O–H groups in total. The lowest BCUT2D eigenvalue weighted by atomic mass is 10.1. The molecule has 170 valence electrons. The molecule has 1 saturated heterocycles. The number of thioether (sulfide) groups is 1. The number of piperazine rings is 1. The van der Waals surface area contributed by atoms with Gasteiger partial charge in [0, 0.05) is 49.4 Å². The predicted octanol–water partition coefficient (Wildman–Crippen LogP) is 4.06. The van der Waals surface area contributed by atoms with Crippen molar-refractivity contribution < 1.29 is 14.0 Å². The van der Waals surface area contributed by atoms with Crippen molar-refractivity contribution in [2.45, 2.75) is 5.75 Å². The molecular weight excluding hydrogens is 439 g/mol. The molecule has 8 heteroatoms. The molecule has 1 aliphatic rings. The number of benzene rings is 2. The van der Waals surface area contributed by atoms with E-state index in [0.29, 0.717) is 35.8 Å². The maximum Gasteiger partial charge on any atom is 0.253 e. The van der Waals surface area contributed by atoms with Crippen LogP contribution in [0, 0.1) is 5.82 Å². The summed E-state index contributed by atoms with van der Waals surface area (Å²) in [5.74, 6) is 1.46. The first-order valence-electron chi connectivity index (χ1n) is 10.8. The molecule has 0 unspecified atom stereocenters. The van der Waals surface area contributed by atoms with Crippen LogP contribution in [0.4, 0.5) is 15.9 Å². The van der Waals surface area contributed by atoms with Gasteiger partial charge in [-0.25, -0.2) is 9.37 Å². The van der Waals surface area contributed by atoms with Gasteiger partial charge in [-0.3, -0.25) is 9.59 Å². The van der Waals surface area contributed by atoms with Gasteiger partial charge < -0.3 is 15.1 Å².